The Labute approximate surface area is 218 Å². The molecule has 0 fully saturated rings. The first kappa shape index (κ1) is 27.1. The summed E-state index contributed by atoms with van der Waals surface area (Å²) in [5, 5.41) is 3.62. The van der Waals surface area contributed by atoms with Gasteiger partial charge in [0, 0.05) is 24.5 Å². The van der Waals surface area contributed by atoms with Gasteiger partial charge in [-0.3, -0.25) is 9.59 Å². The van der Waals surface area contributed by atoms with Gasteiger partial charge in [-0.2, -0.15) is 0 Å². The van der Waals surface area contributed by atoms with Crippen molar-refractivity contribution in [1.82, 2.24) is 10.2 Å². The molecule has 0 saturated heterocycles. The number of rotatable bonds is 12. The molecule has 1 N–H and O–H groups in total. The van der Waals surface area contributed by atoms with E-state index in [4.69, 9.17) is 21.1 Å². The fraction of sp³-hybridized carbons (Fsp3) is 0.310. The summed E-state index contributed by atoms with van der Waals surface area (Å²) in [6, 6.07) is 23.3. The number of hydrogen-bond donors (Lipinski definition) is 1. The van der Waals surface area contributed by atoms with Gasteiger partial charge in [-0.1, -0.05) is 67.9 Å². The van der Waals surface area contributed by atoms with Crippen LogP contribution in [0.5, 0.6) is 11.5 Å². The lowest BCUT2D eigenvalue weighted by Crippen LogP contribution is -2.52. The third-order valence-corrected chi connectivity index (χ3v) is 5.90. The summed E-state index contributed by atoms with van der Waals surface area (Å²) in [6.45, 7) is 4.63. The highest BCUT2D eigenvalue weighted by molar-refractivity contribution is 6.30. The number of nitrogens with one attached hydrogen (secondary N) is 1. The van der Waals surface area contributed by atoms with Gasteiger partial charge >= 0.3 is 0 Å². The Morgan fingerprint density at radius 1 is 0.889 bits per heavy atom. The van der Waals surface area contributed by atoms with E-state index < -0.39 is 6.04 Å². The van der Waals surface area contributed by atoms with Crippen molar-refractivity contribution >= 4 is 23.4 Å². The smallest absolute Gasteiger partial charge is 0.261 e. The largest absolute Gasteiger partial charge is 0.497 e. The van der Waals surface area contributed by atoms with Crippen LogP contribution < -0.4 is 14.8 Å². The number of hydrogen-bond acceptors (Lipinski definition) is 4. The van der Waals surface area contributed by atoms with Crippen LogP contribution in [0.3, 0.4) is 0 Å². The fourth-order valence-corrected chi connectivity index (χ4v) is 3.79. The van der Waals surface area contributed by atoms with Crippen LogP contribution >= 0.6 is 11.6 Å². The second-order valence-electron chi connectivity index (χ2n) is 8.96. The monoisotopic (exact) mass is 508 g/mol. The van der Waals surface area contributed by atoms with Gasteiger partial charge in [0.1, 0.15) is 17.5 Å². The van der Waals surface area contributed by atoms with Gasteiger partial charge in [-0.15, -0.1) is 0 Å². The van der Waals surface area contributed by atoms with E-state index >= 15 is 0 Å². The van der Waals surface area contributed by atoms with Crippen molar-refractivity contribution in [2.45, 2.75) is 32.9 Å². The Kier molecular flexibility index (Phi) is 10.2. The van der Waals surface area contributed by atoms with Gasteiger partial charge in [0.2, 0.25) is 5.91 Å². The van der Waals surface area contributed by atoms with Crippen molar-refractivity contribution in [1.29, 1.82) is 0 Å². The first-order valence-corrected chi connectivity index (χ1v) is 12.4. The molecule has 0 heterocycles. The second-order valence-corrected chi connectivity index (χ2v) is 9.39. The van der Waals surface area contributed by atoms with E-state index in [0.717, 1.165) is 11.1 Å². The van der Waals surface area contributed by atoms with Crippen LogP contribution in [0.15, 0.2) is 78.9 Å². The summed E-state index contributed by atoms with van der Waals surface area (Å²) in [4.78, 5) is 28.6. The average molecular weight is 509 g/mol. The molecule has 0 bridgehead atoms. The minimum Gasteiger partial charge on any atom is -0.497 e. The van der Waals surface area contributed by atoms with Crippen LogP contribution in [0.2, 0.25) is 5.02 Å². The van der Waals surface area contributed by atoms with Gasteiger partial charge in [0.15, 0.2) is 6.61 Å². The standard InChI is InChI=1S/C29H33ClN2O4/c1-21(2)18-31-29(34)27(17-22-7-5-4-6-8-22)32(19-23-9-11-24(30)12-10-23)28(33)20-36-26-15-13-25(35-3)14-16-26/h4-16,21,27H,17-20H2,1-3H3,(H,31,34). The number of methoxy groups -OCH3 is 1. The molecule has 0 spiro atoms. The zero-order valence-electron chi connectivity index (χ0n) is 20.9. The highest BCUT2D eigenvalue weighted by Gasteiger charge is 2.30. The SMILES string of the molecule is COc1ccc(OCC(=O)N(Cc2ccc(Cl)cc2)C(Cc2ccccc2)C(=O)NCC(C)C)cc1. The molecule has 3 rings (SSSR count). The van der Waals surface area contributed by atoms with Crippen molar-refractivity contribution in [2.24, 2.45) is 5.92 Å². The Balaban J connectivity index is 1.87. The first-order chi connectivity index (χ1) is 17.4. The lowest BCUT2D eigenvalue weighted by atomic mass is 10.0. The summed E-state index contributed by atoms with van der Waals surface area (Å²) in [6.07, 6.45) is 0.382. The predicted molar refractivity (Wildman–Crippen MR) is 142 cm³/mol. The third-order valence-electron chi connectivity index (χ3n) is 5.64. The Morgan fingerprint density at radius 2 is 1.53 bits per heavy atom. The van der Waals surface area contributed by atoms with Crippen LogP contribution in [0.1, 0.15) is 25.0 Å². The summed E-state index contributed by atoms with van der Waals surface area (Å²) in [7, 11) is 1.59. The number of ether oxygens (including phenoxy) is 2. The Bertz CT molecular complexity index is 1100. The summed E-state index contributed by atoms with van der Waals surface area (Å²) in [5.74, 6) is 1.04. The van der Waals surface area contributed by atoms with Gasteiger partial charge < -0.3 is 19.7 Å². The lowest BCUT2D eigenvalue weighted by molar-refractivity contribution is -0.142. The van der Waals surface area contributed by atoms with E-state index in [2.05, 4.69) is 5.32 Å². The van der Waals surface area contributed by atoms with Crippen molar-refractivity contribution in [3.63, 3.8) is 0 Å². The normalized spacial score (nSPS) is 11.6. The van der Waals surface area contributed by atoms with Gasteiger partial charge in [-0.25, -0.2) is 0 Å². The van der Waals surface area contributed by atoms with E-state index in [0.29, 0.717) is 29.5 Å². The number of carbonyl (C=O) groups is 2. The van der Waals surface area contributed by atoms with Crippen LogP contribution in [0.4, 0.5) is 0 Å². The van der Waals surface area contributed by atoms with E-state index in [1.165, 1.54) is 0 Å². The predicted octanol–water partition coefficient (Wildman–Crippen LogP) is 5.14. The number of amides is 2. The molecule has 3 aromatic carbocycles. The van der Waals surface area contributed by atoms with Gasteiger partial charge in [0.25, 0.3) is 5.91 Å². The van der Waals surface area contributed by atoms with Gasteiger partial charge in [0.05, 0.1) is 7.11 Å². The highest BCUT2D eigenvalue weighted by Crippen LogP contribution is 2.19. The van der Waals surface area contributed by atoms with Gasteiger partial charge in [-0.05, 0) is 53.4 Å². The fourth-order valence-electron chi connectivity index (χ4n) is 3.66. The minimum atomic E-state index is -0.714. The molecule has 0 aliphatic carbocycles. The molecule has 1 atom stereocenters. The summed E-state index contributed by atoms with van der Waals surface area (Å²) < 4.78 is 11.0. The molecule has 0 aliphatic rings. The number of halogens is 1. The number of carbonyl (C=O) groups excluding carboxylic acids is 2. The molecule has 0 saturated carbocycles. The number of nitrogens with zero attached hydrogens (tertiary/aromatic N) is 1. The maximum absolute atomic E-state index is 13.6. The molecule has 3 aromatic rings. The zero-order valence-corrected chi connectivity index (χ0v) is 21.7. The third kappa shape index (κ3) is 8.31. The molecular formula is C29H33ClN2O4. The van der Waals surface area contributed by atoms with Crippen LogP contribution in [-0.2, 0) is 22.6 Å². The maximum Gasteiger partial charge on any atom is 0.261 e. The van der Waals surface area contributed by atoms with E-state index in [1.54, 1.807) is 48.4 Å². The summed E-state index contributed by atoms with van der Waals surface area (Å²) >= 11 is 6.07. The molecule has 1 unspecified atom stereocenters. The topological polar surface area (TPSA) is 67.9 Å². The molecule has 36 heavy (non-hydrogen) atoms. The van der Waals surface area contributed by atoms with Crippen molar-refractivity contribution in [2.75, 3.05) is 20.3 Å². The van der Waals surface area contributed by atoms with Crippen molar-refractivity contribution in [3.8, 4) is 11.5 Å². The summed E-state index contributed by atoms with van der Waals surface area (Å²) in [5.41, 5.74) is 1.83. The molecule has 2 amide bonds. The van der Waals surface area contributed by atoms with Crippen LogP contribution in [-0.4, -0.2) is 43.0 Å². The van der Waals surface area contributed by atoms with E-state index in [-0.39, 0.29) is 30.9 Å². The van der Waals surface area contributed by atoms with Crippen molar-refractivity contribution in [3.05, 3.63) is 95.0 Å². The number of benzene rings is 3. The Morgan fingerprint density at radius 3 is 2.14 bits per heavy atom. The zero-order chi connectivity index (χ0) is 25.9. The maximum atomic E-state index is 13.6. The van der Waals surface area contributed by atoms with E-state index in [9.17, 15) is 9.59 Å². The lowest BCUT2D eigenvalue weighted by Gasteiger charge is -2.31. The van der Waals surface area contributed by atoms with Crippen LogP contribution in [0, 0.1) is 5.92 Å². The molecule has 0 radical (unpaired) electrons. The van der Waals surface area contributed by atoms with Crippen LogP contribution in [0.25, 0.3) is 0 Å². The molecule has 190 valence electrons. The Hall–Kier alpha value is -3.51. The average Bonchev–Trinajstić information content (AvgIpc) is 2.89. The molecule has 0 aromatic heterocycles. The molecule has 0 aliphatic heterocycles. The molecule has 7 heteroatoms. The molecular weight excluding hydrogens is 476 g/mol. The van der Waals surface area contributed by atoms with E-state index in [1.807, 2.05) is 56.3 Å². The molecule has 6 nitrogen and oxygen atoms in total. The highest BCUT2D eigenvalue weighted by atomic mass is 35.5. The minimum absolute atomic E-state index is 0.195. The first-order valence-electron chi connectivity index (χ1n) is 12.0. The quantitative estimate of drug-likeness (QED) is 0.368. The van der Waals surface area contributed by atoms with Crippen molar-refractivity contribution < 1.29 is 19.1 Å². The second kappa shape index (κ2) is 13.5.